The number of aryl methyl sites for hydroxylation is 2. The van der Waals surface area contributed by atoms with Gasteiger partial charge >= 0.3 is 0 Å². The van der Waals surface area contributed by atoms with Crippen LogP contribution in [0.15, 0.2) is 35.6 Å². The molecule has 4 heterocycles. The Bertz CT molecular complexity index is 912. The predicted molar refractivity (Wildman–Crippen MR) is 158 cm³/mol. The third kappa shape index (κ3) is 11.4. The van der Waals surface area contributed by atoms with E-state index >= 15 is 0 Å². The normalized spacial score (nSPS) is 17.9. The van der Waals surface area contributed by atoms with Gasteiger partial charge in [-0.05, 0) is 69.2 Å². The van der Waals surface area contributed by atoms with E-state index in [0.717, 1.165) is 38.6 Å². The summed E-state index contributed by atoms with van der Waals surface area (Å²) in [7, 11) is 0. The number of hydrogen-bond acceptors (Lipinski definition) is 6. The van der Waals surface area contributed by atoms with Gasteiger partial charge in [-0.25, -0.2) is 9.98 Å². The number of rotatable bonds is 7. The van der Waals surface area contributed by atoms with Crippen molar-refractivity contribution < 1.29 is 4.79 Å². The van der Waals surface area contributed by atoms with E-state index in [1.807, 2.05) is 45.3 Å². The molecule has 2 aliphatic rings. The fraction of sp³-hybridized carbons (Fsp3) is 0.600. The molecule has 2 bridgehead atoms. The first kappa shape index (κ1) is 32.2. The lowest BCUT2D eigenvalue weighted by molar-refractivity contribution is -0.107. The summed E-state index contributed by atoms with van der Waals surface area (Å²) >= 11 is 0. The average molecular weight is 511 g/mol. The Balaban J connectivity index is 0.000000312. The second kappa shape index (κ2) is 18.4. The highest BCUT2D eigenvalue weighted by molar-refractivity contribution is 5.79. The second-order valence-electron chi connectivity index (χ2n) is 9.27. The second-order valence-corrected chi connectivity index (χ2v) is 9.27. The monoisotopic (exact) mass is 510 g/mol. The molecule has 4 rings (SSSR count). The van der Waals surface area contributed by atoms with Gasteiger partial charge in [0.25, 0.3) is 0 Å². The molecule has 0 radical (unpaired) electrons. The number of amidine groups is 1. The summed E-state index contributed by atoms with van der Waals surface area (Å²) in [5, 5.41) is 3.70. The highest BCUT2D eigenvalue weighted by Crippen LogP contribution is 2.29. The van der Waals surface area contributed by atoms with Gasteiger partial charge in [-0.3, -0.25) is 4.98 Å². The lowest BCUT2D eigenvalue weighted by Crippen LogP contribution is -2.51. The largest absolute Gasteiger partial charge is 0.387 e. The number of nitrogens with one attached hydrogen (secondary N) is 1. The SMILES string of the molecule is CC.CCCC=O.CCCc1c(N2CC3CCC(C2)N3)ccnc1C.CCc1ccc(N=C(C)N)nc1. The van der Waals surface area contributed by atoms with Gasteiger partial charge in [-0.2, -0.15) is 0 Å². The minimum Gasteiger partial charge on any atom is -0.387 e. The van der Waals surface area contributed by atoms with E-state index in [9.17, 15) is 4.79 Å². The molecule has 2 fully saturated rings. The Morgan fingerprint density at radius 3 is 2.24 bits per heavy atom. The van der Waals surface area contributed by atoms with Crippen LogP contribution in [0.25, 0.3) is 0 Å². The van der Waals surface area contributed by atoms with Gasteiger partial charge < -0.3 is 20.7 Å². The highest BCUT2D eigenvalue weighted by atomic mass is 16.1. The molecule has 7 heteroatoms. The molecular weight excluding hydrogens is 460 g/mol. The van der Waals surface area contributed by atoms with Gasteiger partial charge in [-0.1, -0.05) is 47.1 Å². The molecule has 2 unspecified atom stereocenters. The van der Waals surface area contributed by atoms with Crippen LogP contribution in [0.2, 0.25) is 0 Å². The number of carbonyl (C=O) groups excluding carboxylic acids is 1. The Morgan fingerprint density at radius 1 is 1.11 bits per heavy atom. The van der Waals surface area contributed by atoms with Crippen LogP contribution < -0.4 is 16.0 Å². The van der Waals surface area contributed by atoms with Crippen LogP contribution in [0, 0.1) is 6.92 Å². The van der Waals surface area contributed by atoms with Crippen molar-refractivity contribution in [2.75, 3.05) is 18.0 Å². The van der Waals surface area contributed by atoms with E-state index in [0.29, 0.717) is 30.2 Å². The standard InChI is InChI=1S/C15H23N3.C9H13N3.C4H8O.C2H6/c1-3-4-14-11(2)16-8-7-15(14)18-9-12-5-6-13(10-18)17-12;1-3-8-4-5-9(11-6-8)12-7(2)10;1-2-3-4-5;1-2/h7-8,12-13,17H,3-6,9-10H2,1-2H3;4-6H,3H2,1-2H3,(H2,10,11,12);4H,2-3H2,1H3;1-2H3. The molecule has 2 saturated heterocycles. The van der Waals surface area contributed by atoms with Crippen molar-refractivity contribution in [3.8, 4) is 0 Å². The number of piperazine rings is 1. The number of pyridine rings is 2. The van der Waals surface area contributed by atoms with Gasteiger partial charge in [0.2, 0.25) is 0 Å². The number of anilines is 1. The number of aldehydes is 1. The first-order valence-corrected chi connectivity index (χ1v) is 14.1. The predicted octanol–water partition coefficient (Wildman–Crippen LogP) is 5.95. The first-order valence-electron chi connectivity index (χ1n) is 14.1. The van der Waals surface area contributed by atoms with Crippen molar-refractivity contribution in [1.29, 1.82) is 0 Å². The first-order chi connectivity index (χ1) is 17.9. The molecule has 2 aromatic heterocycles. The number of hydrogen-bond donors (Lipinski definition) is 2. The van der Waals surface area contributed by atoms with Crippen LogP contribution in [0.1, 0.15) is 90.5 Å². The summed E-state index contributed by atoms with van der Waals surface area (Å²) in [5.74, 6) is 1.21. The van der Waals surface area contributed by atoms with Crippen LogP contribution in [0.5, 0.6) is 0 Å². The highest BCUT2D eigenvalue weighted by Gasteiger charge is 2.32. The number of carbonyl (C=O) groups is 1. The van der Waals surface area contributed by atoms with Crippen molar-refractivity contribution in [2.24, 2.45) is 10.7 Å². The van der Waals surface area contributed by atoms with Gasteiger partial charge in [-0.15, -0.1) is 0 Å². The molecule has 0 spiro atoms. The molecule has 0 amide bonds. The fourth-order valence-electron chi connectivity index (χ4n) is 4.42. The third-order valence-corrected chi connectivity index (χ3v) is 6.22. The molecular formula is C30H50N6O. The summed E-state index contributed by atoms with van der Waals surface area (Å²) in [4.78, 5) is 24.6. The Labute approximate surface area is 225 Å². The molecule has 2 aromatic rings. The van der Waals surface area contributed by atoms with Crippen molar-refractivity contribution >= 4 is 23.6 Å². The van der Waals surface area contributed by atoms with E-state index in [2.05, 4.69) is 52.0 Å². The topological polar surface area (TPSA) is 96.5 Å². The van der Waals surface area contributed by atoms with Crippen LogP contribution in [0.4, 0.5) is 11.5 Å². The van der Waals surface area contributed by atoms with Gasteiger partial charge in [0.05, 0.1) is 5.84 Å². The van der Waals surface area contributed by atoms with Crippen LogP contribution in [-0.4, -0.2) is 47.3 Å². The van der Waals surface area contributed by atoms with Gasteiger partial charge in [0, 0.05) is 55.4 Å². The van der Waals surface area contributed by atoms with Crippen molar-refractivity contribution in [1.82, 2.24) is 15.3 Å². The smallest absolute Gasteiger partial charge is 0.153 e. The summed E-state index contributed by atoms with van der Waals surface area (Å²) < 4.78 is 0. The summed E-state index contributed by atoms with van der Waals surface area (Å²) in [5.41, 5.74) is 10.7. The zero-order valence-corrected chi connectivity index (χ0v) is 24.3. The average Bonchev–Trinajstić information content (AvgIpc) is 3.25. The number of nitrogens with two attached hydrogens (primary N) is 1. The van der Waals surface area contributed by atoms with Gasteiger partial charge in [0.1, 0.15) is 6.29 Å². The molecule has 7 nitrogen and oxygen atoms in total. The van der Waals surface area contributed by atoms with E-state index in [-0.39, 0.29) is 0 Å². The van der Waals surface area contributed by atoms with Gasteiger partial charge in [0.15, 0.2) is 5.82 Å². The maximum absolute atomic E-state index is 9.40. The summed E-state index contributed by atoms with van der Waals surface area (Å²) in [6.45, 7) is 16.5. The van der Waals surface area contributed by atoms with Crippen LogP contribution in [-0.2, 0) is 17.6 Å². The number of aliphatic imine (C=N–C) groups is 1. The minimum absolute atomic E-state index is 0.534. The van der Waals surface area contributed by atoms with E-state index < -0.39 is 0 Å². The van der Waals surface area contributed by atoms with Crippen molar-refractivity contribution in [3.05, 3.63) is 47.4 Å². The Kier molecular flexibility index (Phi) is 16.1. The van der Waals surface area contributed by atoms with E-state index in [1.54, 1.807) is 6.92 Å². The zero-order chi connectivity index (χ0) is 27.6. The molecule has 0 saturated carbocycles. The molecule has 206 valence electrons. The Hall–Kier alpha value is -2.80. The lowest BCUT2D eigenvalue weighted by Gasteiger charge is -2.36. The molecule has 0 aliphatic carbocycles. The molecule has 37 heavy (non-hydrogen) atoms. The van der Waals surface area contributed by atoms with Crippen molar-refractivity contribution in [2.45, 2.75) is 105 Å². The minimum atomic E-state index is 0.534. The number of unbranched alkanes of at least 4 members (excludes halogenated alkanes) is 1. The van der Waals surface area contributed by atoms with Crippen molar-refractivity contribution in [3.63, 3.8) is 0 Å². The third-order valence-electron chi connectivity index (χ3n) is 6.22. The van der Waals surface area contributed by atoms with Crippen LogP contribution >= 0.6 is 0 Å². The maximum atomic E-state index is 9.40. The molecule has 0 aromatic carbocycles. The lowest BCUT2D eigenvalue weighted by atomic mass is 10.0. The summed E-state index contributed by atoms with van der Waals surface area (Å²) in [6.07, 6.45) is 12.4. The number of aromatic nitrogens is 2. The fourth-order valence-corrected chi connectivity index (χ4v) is 4.42. The summed E-state index contributed by atoms with van der Waals surface area (Å²) in [6, 6.07) is 7.49. The number of nitrogens with zero attached hydrogens (tertiary/aromatic N) is 4. The van der Waals surface area contributed by atoms with Crippen LogP contribution in [0.3, 0.4) is 0 Å². The maximum Gasteiger partial charge on any atom is 0.153 e. The zero-order valence-electron chi connectivity index (χ0n) is 24.3. The molecule has 2 aliphatic heterocycles. The quantitative estimate of drug-likeness (QED) is 0.271. The molecule has 2 atom stereocenters. The Morgan fingerprint density at radius 2 is 1.78 bits per heavy atom. The van der Waals surface area contributed by atoms with E-state index in [1.165, 1.54) is 41.8 Å². The van der Waals surface area contributed by atoms with E-state index in [4.69, 9.17) is 5.73 Å². The molecule has 3 N–H and O–H groups in total. The number of fused-ring (bicyclic) bond motifs is 2.